The fourth-order valence-corrected chi connectivity index (χ4v) is 2.80. The number of nitrogens with one attached hydrogen (secondary N) is 3. The summed E-state index contributed by atoms with van der Waals surface area (Å²) in [6.45, 7) is 5.09. The maximum atomic E-state index is 12.4. The Labute approximate surface area is 141 Å². The van der Waals surface area contributed by atoms with Crippen molar-refractivity contribution in [3.8, 4) is 0 Å². The van der Waals surface area contributed by atoms with Crippen LogP contribution >= 0.6 is 0 Å². The van der Waals surface area contributed by atoms with E-state index in [0.717, 1.165) is 21.7 Å². The molecule has 2 atom stereocenters. The highest BCUT2D eigenvalue weighted by Crippen LogP contribution is 2.15. The van der Waals surface area contributed by atoms with Crippen LogP contribution in [0.1, 0.15) is 17.5 Å². The van der Waals surface area contributed by atoms with E-state index in [1.165, 1.54) is 7.11 Å². The van der Waals surface area contributed by atoms with Gasteiger partial charge in [0.15, 0.2) is 12.6 Å². The van der Waals surface area contributed by atoms with E-state index < -0.39 is 12.0 Å². The lowest BCUT2D eigenvalue weighted by atomic mass is 10.1. The molecule has 24 heavy (non-hydrogen) atoms. The first-order chi connectivity index (χ1) is 11.4. The SMILES string of the molecule is COC(=O)C[C@H]1C(=O)NCC[NH+]1CC(=O)Nc1cc(C)ccc1C. The zero-order valence-corrected chi connectivity index (χ0v) is 14.3. The summed E-state index contributed by atoms with van der Waals surface area (Å²) in [5.41, 5.74) is 2.81. The van der Waals surface area contributed by atoms with Crippen molar-refractivity contribution in [1.29, 1.82) is 0 Å². The number of benzene rings is 1. The number of ether oxygens (including phenoxy) is 1. The van der Waals surface area contributed by atoms with E-state index >= 15 is 0 Å². The minimum absolute atomic E-state index is 0.0333. The lowest BCUT2D eigenvalue weighted by Crippen LogP contribution is -3.20. The van der Waals surface area contributed by atoms with Gasteiger partial charge in [-0.25, -0.2) is 0 Å². The van der Waals surface area contributed by atoms with E-state index in [9.17, 15) is 14.4 Å². The Morgan fingerprint density at radius 3 is 2.83 bits per heavy atom. The van der Waals surface area contributed by atoms with Crippen LogP contribution < -0.4 is 15.5 Å². The molecule has 0 radical (unpaired) electrons. The molecule has 0 aromatic heterocycles. The van der Waals surface area contributed by atoms with Crippen molar-refractivity contribution in [1.82, 2.24) is 5.32 Å². The molecule has 1 aliphatic heterocycles. The van der Waals surface area contributed by atoms with Crippen LogP contribution in [0.25, 0.3) is 0 Å². The molecule has 1 saturated heterocycles. The normalized spacial score (nSPS) is 20.2. The second kappa shape index (κ2) is 7.92. The minimum atomic E-state index is -0.601. The van der Waals surface area contributed by atoms with Crippen LogP contribution in [-0.4, -0.2) is 50.6 Å². The van der Waals surface area contributed by atoms with Crippen LogP contribution in [-0.2, 0) is 19.1 Å². The van der Waals surface area contributed by atoms with Crippen molar-refractivity contribution in [3.05, 3.63) is 29.3 Å². The van der Waals surface area contributed by atoms with Gasteiger partial charge in [0.2, 0.25) is 0 Å². The van der Waals surface area contributed by atoms with Gasteiger partial charge in [-0.1, -0.05) is 12.1 Å². The first-order valence-corrected chi connectivity index (χ1v) is 7.97. The van der Waals surface area contributed by atoms with Crippen molar-refractivity contribution in [3.63, 3.8) is 0 Å². The number of amides is 2. The van der Waals surface area contributed by atoms with Gasteiger partial charge in [0.25, 0.3) is 11.8 Å². The summed E-state index contributed by atoms with van der Waals surface area (Å²) in [5, 5.41) is 5.63. The molecule has 2 amide bonds. The van der Waals surface area contributed by atoms with Crippen LogP contribution in [0.5, 0.6) is 0 Å². The number of methoxy groups -OCH3 is 1. The van der Waals surface area contributed by atoms with Crippen LogP contribution in [0, 0.1) is 13.8 Å². The molecule has 130 valence electrons. The van der Waals surface area contributed by atoms with Crippen LogP contribution in [0.15, 0.2) is 18.2 Å². The molecule has 0 spiro atoms. The molecule has 7 heteroatoms. The molecular formula is C17H24N3O4+. The second-order valence-corrected chi connectivity index (χ2v) is 6.08. The average molecular weight is 334 g/mol. The van der Waals surface area contributed by atoms with Crippen molar-refractivity contribution in [2.75, 3.05) is 32.1 Å². The average Bonchev–Trinajstić information content (AvgIpc) is 2.54. The summed E-state index contributed by atoms with van der Waals surface area (Å²) in [6.07, 6.45) is -0.0333. The zero-order chi connectivity index (χ0) is 17.7. The number of aryl methyl sites for hydroxylation is 2. The summed E-state index contributed by atoms with van der Waals surface area (Å²) in [4.78, 5) is 36.7. The molecule has 0 aliphatic carbocycles. The number of carbonyl (C=O) groups excluding carboxylic acids is 3. The third kappa shape index (κ3) is 4.55. The van der Waals surface area contributed by atoms with Gasteiger partial charge in [-0.15, -0.1) is 0 Å². The topological polar surface area (TPSA) is 88.9 Å². The molecule has 1 heterocycles. The quantitative estimate of drug-likeness (QED) is 0.615. The maximum Gasteiger partial charge on any atom is 0.312 e. The van der Waals surface area contributed by atoms with E-state index in [2.05, 4.69) is 15.4 Å². The fourth-order valence-electron chi connectivity index (χ4n) is 2.80. The van der Waals surface area contributed by atoms with Gasteiger partial charge in [0, 0.05) is 5.69 Å². The predicted octanol–water partition coefficient (Wildman–Crippen LogP) is -0.812. The Bertz CT molecular complexity index is 645. The van der Waals surface area contributed by atoms with E-state index in [1.54, 1.807) is 0 Å². The molecule has 1 aliphatic rings. The van der Waals surface area contributed by atoms with Crippen LogP contribution in [0.2, 0.25) is 0 Å². The molecule has 1 aromatic rings. The number of piperazine rings is 1. The Kier molecular flexibility index (Phi) is 5.92. The minimum Gasteiger partial charge on any atom is -0.469 e. The number of hydrogen-bond donors (Lipinski definition) is 3. The molecule has 7 nitrogen and oxygen atoms in total. The standard InChI is InChI=1S/C17H23N3O4/c1-11-4-5-12(2)13(8-11)19-15(21)10-20-7-6-18-17(23)14(20)9-16(22)24-3/h4-5,8,14H,6-7,9-10H2,1-3H3,(H,18,23)(H,19,21)/p+1/t14-/m0/s1. The summed E-state index contributed by atoms with van der Waals surface area (Å²) in [6, 6.07) is 5.25. The molecular weight excluding hydrogens is 310 g/mol. The first kappa shape index (κ1) is 17.9. The summed E-state index contributed by atoms with van der Waals surface area (Å²) < 4.78 is 4.65. The third-order valence-corrected chi connectivity index (χ3v) is 4.21. The molecule has 2 rings (SSSR count). The Balaban J connectivity index is 2.03. The number of hydrogen-bond acceptors (Lipinski definition) is 4. The lowest BCUT2D eigenvalue weighted by molar-refractivity contribution is -0.909. The Morgan fingerprint density at radius 2 is 2.12 bits per heavy atom. The highest BCUT2D eigenvalue weighted by atomic mass is 16.5. The van der Waals surface area contributed by atoms with Gasteiger partial charge in [-0.05, 0) is 31.0 Å². The highest BCUT2D eigenvalue weighted by Gasteiger charge is 2.36. The maximum absolute atomic E-state index is 12.4. The van der Waals surface area contributed by atoms with E-state index in [-0.39, 0.29) is 24.8 Å². The zero-order valence-electron chi connectivity index (χ0n) is 14.3. The van der Waals surface area contributed by atoms with E-state index in [4.69, 9.17) is 0 Å². The smallest absolute Gasteiger partial charge is 0.312 e. The third-order valence-electron chi connectivity index (χ3n) is 4.21. The predicted molar refractivity (Wildman–Crippen MR) is 88.7 cm³/mol. The fraction of sp³-hybridized carbons (Fsp3) is 0.471. The van der Waals surface area contributed by atoms with E-state index in [1.807, 2.05) is 32.0 Å². The highest BCUT2D eigenvalue weighted by molar-refractivity contribution is 5.92. The Morgan fingerprint density at radius 1 is 1.38 bits per heavy atom. The molecule has 0 bridgehead atoms. The molecule has 3 N–H and O–H groups in total. The summed E-state index contributed by atoms with van der Waals surface area (Å²) in [7, 11) is 1.29. The van der Waals surface area contributed by atoms with Crippen LogP contribution in [0.4, 0.5) is 5.69 Å². The summed E-state index contributed by atoms with van der Waals surface area (Å²) in [5.74, 6) is -0.853. The van der Waals surface area contributed by atoms with Crippen molar-refractivity contribution >= 4 is 23.5 Å². The molecule has 1 unspecified atom stereocenters. The van der Waals surface area contributed by atoms with Gasteiger partial charge in [-0.2, -0.15) is 0 Å². The van der Waals surface area contributed by atoms with Crippen LogP contribution in [0.3, 0.4) is 0 Å². The van der Waals surface area contributed by atoms with Gasteiger partial charge >= 0.3 is 5.97 Å². The number of anilines is 1. The Hall–Kier alpha value is -2.41. The first-order valence-electron chi connectivity index (χ1n) is 7.97. The van der Waals surface area contributed by atoms with Gasteiger partial charge in [-0.3, -0.25) is 14.4 Å². The number of quaternary nitrogens is 1. The number of rotatable bonds is 5. The van der Waals surface area contributed by atoms with Crippen molar-refractivity contribution in [2.45, 2.75) is 26.3 Å². The second-order valence-electron chi connectivity index (χ2n) is 6.08. The van der Waals surface area contributed by atoms with Crippen molar-refractivity contribution in [2.24, 2.45) is 0 Å². The summed E-state index contributed by atoms with van der Waals surface area (Å²) >= 11 is 0. The molecule has 1 aromatic carbocycles. The van der Waals surface area contributed by atoms with Crippen molar-refractivity contribution < 1.29 is 24.0 Å². The number of esters is 1. The molecule has 0 saturated carbocycles. The van der Waals surface area contributed by atoms with Gasteiger partial charge in [0.1, 0.15) is 6.42 Å². The van der Waals surface area contributed by atoms with Gasteiger partial charge in [0.05, 0.1) is 20.2 Å². The largest absolute Gasteiger partial charge is 0.469 e. The van der Waals surface area contributed by atoms with Gasteiger partial charge < -0.3 is 20.3 Å². The number of carbonyl (C=O) groups is 3. The van der Waals surface area contributed by atoms with E-state index in [0.29, 0.717) is 13.1 Å². The lowest BCUT2D eigenvalue weighted by Gasteiger charge is -2.30. The monoisotopic (exact) mass is 334 g/mol. The molecule has 1 fully saturated rings.